The van der Waals surface area contributed by atoms with Crippen molar-refractivity contribution in [2.24, 2.45) is 0 Å². The predicted octanol–water partition coefficient (Wildman–Crippen LogP) is 4.64. The lowest BCUT2D eigenvalue weighted by atomic mass is 10.3. The molecule has 1 aromatic heterocycles. The van der Waals surface area contributed by atoms with Gasteiger partial charge in [0.15, 0.2) is 0 Å². The zero-order chi connectivity index (χ0) is 14.1. The minimum atomic E-state index is -0.310. The van der Waals surface area contributed by atoms with E-state index in [0.717, 1.165) is 21.5 Å². The van der Waals surface area contributed by atoms with Crippen LogP contribution in [0.15, 0.2) is 46.7 Å². The largest absolute Gasteiger partial charge is 0.298 e. The van der Waals surface area contributed by atoms with E-state index in [-0.39, 0.29) is 11.1 Å². The van der Waals surface area contributed by atoms with E-state index in [1.807, 2.05) is 17.5 Å². The lowest BCUT2D eigenvalue weighted by Gasteiger charge is -2.12. The van der Waals surface area contributed by atoms with Crippen LogP contribution >= 0.6 is 34.7 Å². The van der Waals surface area contributed by atoms with Crippen LogP contribution in [0.25, 0.3) is 6.08 Å². The first-order chi connectivity index (χ1) is 9.65. The highest BCUT2D eigenvalue weighted by atomic mass is 35.5. The molecule has 6 heteroatoms. The highest BCUT2D eigenvalue weighted by Gasteiger charge is 2.36. The summed E-state index contributed by atoms with van der Waals surface area (Å²) >= 11 is 8.36. The number of halogens is 1. The van der Waals surface area contributed by atoms with Crippen molar-refractivity contribution in [3.05, 3.63) is 56.6 Å². The number of amides is 2. The number of hydrogen-bond acceptors (Lipinski definition) is 4. The molecule has 0 atom stereocenters. The van der Waals surface area contributed by atoms with E-state index in [2.05, 4.69) is 0 Å². The van der Waals surface area contributed by atoms with Crippen molar-refractivity contribution in [1.29, 1.82) is 0 Å². The molecule has 1 saturated heterocycles. The Morgan fingerprint density at radius 3 is 2.70 bits per heavy atom. The third-order valence-electron chi connectivity index (χ3n) is 2.68. The van der Waals surface area contributed by atoms with Crippen LogP contribution in [0.2, 0.25) is 5.02 Å². The minimum absolute atomic E-state index is 0.305. The molecule has 2 amide bonds. The number of anilines is 1. The predicted molar refractivity (Wildman–Crippen MR) is 84.2 cm³/mol. The maximum absolute atomic E-state index is 12.3. The van der Waals surface area contributed by atoms with Gasteiger partial charge in [0.25, 0.3) is 11.1 Å². The van der Waals surface area contributed by atoms with Crippen molar-refractivity contribution in [2.45, 2.75) is 0 Å². The lowest BCUT2D eigenvalue weighted by molar-refractivity contribution is -0.113. The minimum Gasteiger partial charge on any atom is -0.268 e. The van der Waals surface area contributed by atoms with Gasteiger partial charge >= 0.3 is 0 Å². The van der Waals surface area contributed by atoms with Crippen LogP contribution in [0.4, 0.5) is 10.5 Å². The van der Waals surface area contributed by atoms with E-state index < -0.39 is 0 Å². The molecular formula is C14H8ClNO2S2. The Labute approximate surface area is 128 Å². The Hall–Kier alpha value is -1.56. The van der Waals surface area contributed by atoms with Crippen LogP contribution in [-0.4, -0.2) is 11.1 Å². The molecule has 1 aromatic carbocycles. The zero-order valence-electron chi connectivity index (χ0n) is 10.1. The third kappa shape index (κ3) is 2.52. The van der Waals surface area contributed by atoms with Crippen molar-refractivity contribution in [3.8, 4) is 0 Å². The summed E-state index contributed by atoms with van der Waals surface area (Å²) in [6.45, 7) is 0. The SMILES string of the molecule is O=C1SC(=Cc2cccs2)C(=O)N1c1cccc(Cl)c1. The molecule has 100 valence electrons. The van der Waals surface area contributed by atoms with Gasteiger partial charge < -0.3 is 0 Å². The molecule has 2 heterocycles. The fraction of sp³-hybridized carbons (Fsp3) is 0. The maximum atomic E-state index is 12.3. The summed E-state index contributed by atoms with van der Waals surface area (Å²) in [5.41, 5.74) is 0.495. The molecule has 0 unspecified atom stereocenters. The molecule has 20 heavy (non-hydrogen) atoms. The van der Waals surface area contributed by atoms with Crippen LogP contribution in [0.3, 0.4) is 0 Å². The number of imide groups is 1. The summed E-state index contributed by atoms with van der Waals surface area (Å²) in [5, 5.41) is 2.11. The molecule has 3 rings (SSSR count). The second-order valence-corrected chi connectivity index (χ2v) is 6.42. The third-order valence-corrected chi connectivity index (χ3v) is 4.60. The van der Waals surface area contributed by atoms with Gasteiger partial charge in [-0.3, -0.25) is 9.59 Å². The van der Waals surface area contributed by atoms with E-state index in [1.165, 1.54) is 11.3 Å². The van der Waals surface area contributed by atoms with Crippen LogP contribution in [-0.2, 0) is 4.79 Å². The highest BCUT2D eigenvalue weighted by molar-refractivity contribution is 8.19. The van der Waals surface area contributed by atoms with Gasteiger partial charge in [0.05, 0.1) is 10.6 Å². The molecular weight excluding hydrogens is 314 g/mol. The summed E-state index contributed by atoms with van der Waals surface area (Å²) in [7, 11) is 0. The molecule has 0 aliphatic carbocycles. The molecule has 2 aromatic rings. The van der Waals surface area contributed by atoms with Crippen LogP contribution in [0.5, 0.6) is 0 Å². The normalized spacial score (nSPS) is 17.2. The van der Waals surface area contributed by atoms with Crippen LogP contribution in [0.1, 0.15) is 4.88 Å². The van der Waals surface area contributed by atoms with Gasteiger partial charge in [-0.05, 0) is 47.5 Å². The maximum Gasteiger partial charge on any atom is 0.298 e. The molecule has 1 aliphatic rings. The van der Waals surface area contributed by atoms with E-state index in [0.29, 0.717) is 15.6 Å². The molecule has 0 N–H and O–H groups in total. The van der Waals surface area contributed by atoms with E-state index in [4.69, 9.17) is 11.6 Å². The molecule has 1 fully saturated rings. The van der Waals surface area contributed by atoms with E-state index in [1.54, 1.807) is 30.3 Å². The van der Waals surface area contributed by atoms with Gasteiger partial charge in [0.1, 0.15) is 0 Å². The first-order valence-corrected chi connectivity index (χ1v) is 7.79. The van der Waals surface area contributed by atoms with Crippen molar-refractivity contribution in [1.82, 2.24) is 0 Å². The van der Waals surface area contributed by atoms with Crippen molar-refractivity contribution in [2.75, 3.05) is 4.90 Å². The summed E-state index contributed by atoms with van der Waals surface area (Å²) in [6, 6.07) is 10.5. The van der Waals surface area contributed by atoms with Gasteiger partial charge in [-0.1, -0.05) is 23.7 Å². The molecule has 0 saturated carbocycles. The average molecular weight is 322 g/mol. The first-order valence-electron chi connectivity index (χ1n) is 5.72. The van der Waals surface area contributed by atoms with E-state index in [9.17, 15) is 9.59 Å². The smallest absolute Gasteiger partial charge is 0.268 e. The van der Waals surface area contributed by atoms with Crippen LogP contribution < -0.4 is 4.90 Å². The van der Waals surface area contributed by atoms with Gasteiger partial charge in [0, 0.05) is 9.90 Å². The number of rotatable bonds is 2. The second kappa shape index (κ2) is 5.44. The van der Waals surface area contributed by atoms with Gasteiger partial charge in [-0.2, -0.15) is 0 Å². The zero-order valence-corrected chi connectivity index (χ0v) is 12.5. The Kier molecular flexibility index (Phi) is 3.65. The van der Waals surface area contributed by atoms with Gasteiger partial charge in [-0.15, -0.1) is 11.3 Å². The Bertz CT molecular complexity index is 710. The van der Waals surface area contributed by atoms with Gasteiger partial charge in [-0.25, -0.2) is 4.90 Å². The van der Waals surface area contributed by atoms with Crippen molar-refractivity contribution < 1.29 is 9.59 Å². The number of hydrogen-bond donors (Lipinski definition) is 0. The number of carbonyl (C=O) groups is 2. The standard InChI is InChI=1S/C14H8ClNO2S2/c15-9-3-1-4-10(7-9)16-13(17)12(20-14(16)18)8-11-5-2-6-19-11/h1-8H. The fourth-order valence-corrected chi connectivity index (χ4v) is 3.56. The topological polar surface area (TPSA) is 37.4 Å². The summed E-state index contributed by atoms with van der Waals surface area (Å²) < 4.78 is 0. The Balaban J connectivity index is 1.95. The molecule has 0 spiro atoms. The number of benzene rings is 1. The molecule has 0 bridgehead atoms. The van der Waals surface area contributed by atoms with Gasteiger partial charge in [0.2, 0.25) is 0 Å². The summed E-state index contributed by atoms with van der Waals surface area (Å²) in [4.78, 5) is 26.9. The second-order valence-electron chi connectivity index (χ2n) is 4.01. The fourth-order valence-electron chi connectivity index (χ4n) is 1.81. The summed E-state index contributed by atoms with van der Waals surface area (Å²) in [5.74, 6) is -0.310. The molecule has 1 aliphatic heterocycles. The first kappa shape index (κ1) is 13.4. The molecule has 3 nitrogen and oxygen atoms in total. The number of thioether (sulfide) groups is 1. The molecule has 0 radical (unpaired) electrons. The monoisotopic (exact) mass is 321 g/mol. The summed E-state index contributed by atoms with van der Waals surface area (Å²) in [6.07, 6.45) is 1.74. The van der Waals surface area contributed by atoms with Crippen LogP contribution in [0, 0.1) is 0 Å². The van der Waals surface area contributed by atoms with Crippen molar-refractivity contribution >= 4 is 57.6 Å². The van der Waals surface area contributed by atoms with E-state index >= 15 is 0 Å². The van der Waals surface area contributed by atoms with Crippen molar-refractivity contribution in [3.63, 3.8) is 0 Å². The Morgan fingerprint density at radius 2 is 2.00 bits per heavy atom. The lowest BCUT2D eigenvalue weighted by Crippen LogP contribution is -2.27. The number of thiophene rings is 1. The number of carbonyl (C=O) groups excluding carboxylic acids is 2. The Morgan fingerprint density at radius 1 is 1.15 bits per heavy atom. The number of nitrogens with zero attached hydrogens (tertiary/aromatic N) is 1. The highest BCUT2D eigenvalue weighted by Crippen LogP contribution is 2.36. The average Bonchev–Trinajstić information content (AvgIpc) is 2.99. The quantitative estimate of drug-likeness (QED) is 0.756.